The maximum atomic E-state index is 14.9. The summed E-state index contributed by atoms with van der Waals surface area (Å²) in [5.74, 6) is -2.36. The van der Waals surface area contributed by atoms with E-state index in [0.29, 0.717) is 17.1 Å². The van der Waals surface area contributed by atoms with E-state index < -0.39 is 22.8 Å². The fourth-order valence-electron chi connectivity index (χ4n) is 4.28. The molecule has 0 atom stereocenters. The number of hydrogen-bond donors (Lipinski definition) is 0. The van der Waals surface area contributed by atoms with Crippen LogP contribution in [-0.4, -0.2) is 15.0 Å². The van der Waals surface area contributed by atoms with Crippen molar-refractivity contribution < 1.29 is 29.8 Å². The van der Waals surface area contributed by atoms with Gasteiger partial charge in [-0.25, -0.2) is 10.2 Å². The molecule has 0 aliphatic carbocycles. The molecule has 0 aliphatic rings. The van der Waals surface area contributed by atoms with E-state index in [1.807, 2.05) is 30.5 Å². The van der Waals surface area contributed by atoms with Crippen LogP contribution in [-0.2, 0) is 26.5 Å². The largest absolute Gasteiger partial charge is 2.00 e. The van der Waals surface area contributed by atoms with Crippen molar-refractivity contribution in [2.45, 2.75) is 19.3 Å². The number of benzene rings is 2. The van der Waals surface area contributed by atoms with Crippen LogP contribution in [0.25, 0.3) is 33.9 Å². The van der Waals surface area contributed by atoms with Crippen molar-refractivity contribution in [3.8, 4) is 46.0 Å². The normalized spacial score (nSPS) is 10.8. The summed E-state index contributed by atoms with van der Waals surface area (Å²) in [6, 6.07) is 29.0. The van der Waals surface area contributed by atoms with E-state index in [4.69, 9.17) is 4.98 Å². The second-order valence-corrected chi connectivity index (χ2v) is 9.28. The van der Waals surface area contributed by atoms with Gasteiger partial charge in [0.1, 0.15) is 0 Å². The first-order valence-electron chi connectivity index (χ1n) is 12.0. The maximum Gasteiger partial charge on any atom is 2.00 e. The standard InChI is InChI=1S/C32H19F2N5.Pt/c1-32(2,23-9-6-14-37-19-23)22-8-3-7-20(15-22)26-10-4-12-28(38-26)29-13-5-11-27(39-29)24-16-21(17-35)30(33)25(18-36)31(24)34;/h3-8,10-15,19H,1-2H3;/q-2;+2. The van der Waals surface area contributed by atoms with Crippen molar-refractivity contribution in [2.75, 3.05) is 0 Å². The Morgan fingerprint density at radius 2 is 1.48 bits per heavy atom. The number of pyridine rings is 3. The Kier molecular flexibility index (Phi) is 8.29. The van der Waals surface area contributed by atoms with Gasteiger partial charge in [-0.2, -0.15) is 17.4 Å². The Morgan fingerprint density at radius 3 is 2.12 bits per heavy atom. The first kappa shape index (κ1) is 28.4. The van der Waals surface area contributed by atoms with Crippen LogP contribution < -0.4 is 0 Å². The Hall–Kier alpha value is -4.58. The molecule has 0 bridgehead atoms. The first-order valence-corrected chi connectivity index (χ1v) is 12.0. The average Bonchev–Trinajstić information content (AvgIpc) is 2.98. The molecule has 196 valence electrons. The van der Waals surface area contributed by atoms with Gasteiger partial charge in [0, 0.05) is 17.3 Å². The van der Waals surface area contributed by atoms with Gasteiger partial charge in [-0.1, -0.05) is 74.3 Å². The van der Waals surface area contributed by atoms with Crippen molar-refractivity contribution in [2.24, 2.45) is 0 Å². The molecule has 0 N–H and O–H groups in total. The summed E-state index contributed by atoms with van der Waals surface area (Å²) in [7, 11) is 0. The quantitative estimate of drug-likeness (QED) is 0.188. The molecule has 3 aromatic heterocycles. The molecule has 0 fully saturated rings. The fourth-order valence-corrected chi connectivity index (χ4v) is 4.28. The average molecular weight is 707 g/mol. The maximum absolute atomic E-state index is 14.9. The van der Waals surface area contributed by atoms with Crippen LogP contribution in [0, 0.1) is 46.4 Å². The van der Waals surface area contributed by atoms with Crippen LogP contribution in [0.4, 0.5) is 8.78 Å². The van der Waals surface area contributed by atoms with E-state index >= 15 is 0 Å². The summed E-state index contributed by atoms with van der Waals surface area (Å²) >= 11 is 0. The van der Waals surface area contributed by atoms with Gasteiger partial charge in [0.15, 0.2) is 0 Å². The Balaban J connectivity index is 0.00000370. The van der Waals surface area contributed by atoms with Gasteiger partial charge in [-0.3, -0.25) is 13.8 Å². The molecule has 0 aliphatic heterocycles. The molecule has 0 amide bonds. The molecule has 0 saturated carbocycles. The molecular formula is C32H19F2N5Pt. The first-order chi connectivity index (χ1) is 18.8. The zero-order valence-electron chi connectivity index (χ0n) is 21.3. The van der Waals surface area contributed by atoms with Gasteiger partial charge in [0.25, 0.3) is 0 Å². The molecule has 2 aromatic carbocycles. The van der Waals surface area contributed by atoms with E-state index in [-0.39, 0.29) is 37.7 Å². The van der Waals surface area contributed by atoms with Crippen molar-refractivity contribution in [3.05, 3.63) is 125 Å². The third-order valence-corrected chi connectivity index (χ3v) is 6.52. The topological polar surface area (TPSA) is 86.2 Å². The summed E-state index contributed by atoms with van der Waals surface area (Å²) in [5, 5.41) is 18.4. The van der Waals surface area contributed by atoms with E-state index in [2.05, 4.69) is 48.1 Å². The van der Waals surface area contributed by atoms with Crippen LogP contribution in [0.15, 0.2) is 79.1 Å². The van der Waals surface area contributed by atoms with Gasteiger partial charge < -0.3 is 4.98 Å². The van der Waals surface area contributed by atoms with Gasteiger partial charge in [0.05, 0.1) is 40.3 Å². The van der Waals surface area contributed by atoms with Gasteiger partial charge in [-0.05, 0) is 40.8 Å². The van der Waals surface area contributed by atoms with E-state index in [0.717, 1.165) is 16.7 Å². The third-order valence-electron chi connectivity index (χ3n) is 6.52. The van der Waals surface area contributed by atoms with Gasteiger partial charge in [-0.15, -0.1) is 5.56 Å². The van der Waals surface area contributed by atoms with E-state index in [9.17, 15) is 19.3 Å². The zero-order chi connectivity index (χ0) is 27.6. The fraction of sp³-hybridized carbons (Fsp3) is 0.0938. The number of rotatable bonds is 5. The minimum atomic E-state index is -1.24. The van der Waals surface area contributed by atoms with Crippen molar-refractivity contribution in [1.29, 1.82) is 10.5 Å². The smallest absolute Gasteiger partial charge is 0.391 e. The number of hydrogen-bond acceptors (Lipinski definition) is 5. The molecule has 8 heteroatoms. The summed E-state index contributed by atoms with van der Waals surface area (Å²) in [5.41, 5.74) is 2.72. The summed E-state index contributed by atoms with van der Waals surface area (Å²) in [4.78, 5) is 13.5. The second-order valence-electron chi connectivity index (χ2n) is 9.28. The van der Waals surface area contributed by atoms with Gasteiger partial charge in [0.2, 0.25) is 0 Å². The second kappa shape index (κ2) is 11.7. The monoisotopic (exact) mass is 706 g/mol. The molecule has 0 radical (unpaired) electrons. The van der Waals surface area contributed by atoms with Crippen LogP contribution in [0.3, 0.4) is 0 Å². The SMILES string of the molecule is CC(C)(c1[c-]ccnc1)c1cccc(-c2cccc(-c3cccc(-c4[c-]c(C#N)c(F)c(C#N)c4F)n3)n2)c1.[Pt+2]. The summed E-state index contributed by atoms with van der Waals surface area (Å²) in [6.45, 7) is 4.22. The summed E-state index contributed by atoms with van der Waals surface area (Å²) in [6.07, 6.45) is 3.51. The molecular weight excluding hydrogens is 687 g/mol. The minimum absolute atomic E-state index is 0. The minimum Gasteiger partial charge on any atom is -0.391 e. The number of halogens is 2. The molecule has 5 aromatic rings. The molecule has 5 nitrogen and oxygen atoms in total. The van der Waals surface area contributed by atoms with Crippen LogP contribution >= 0.6 is 0 Å². The van der Waals surface area contributed by atoms with E-state index in [1.165, 1.54) is 12.1 Å². The molecule has 5 rings (SSSR count). The Bertz CT molecular complexity index is 1790. The molecule has 0 spiro atoms. The zero-order valence-corrected chi connectivity index (χ0v) is 23.6. The predicted molar refractivity (Wildman–Crippen MR) is 142 cm³/mol. The number of nitrogens with zero attached hydrogens (tertiary/aromatic N) is 5. The van der Waals surface area contributed by atoms with Gasteiger partial charge >= 0.3 is 21.1 Å². The molecule has 40 heavy (non-hydrogen) atoms. The Morgan fingerprint density at radius 1 is 0.825 bits per heavy atom. The molecule has 0 unspecified atom stereocenters. The molecule has 0 saturated heterocycles. The van der Waals surface area contributed by atoms with Crippen LogP contribution in [0.2, 0.25) is 0 Å². The van der Waals surface area contributed by atoms with Crippen LogP contribution in [0.1, 0.15) is 36.1 Å². The van der Waals surface area contributed by atoms with E-state index in [1.54, 1.807) is 36.5 Å². The van der Waals surface area contributed by atoms with Crippen LogP contribution in [0.5, 0.6) is 0 Å². The third kappa shape index (κ3) is 5.30. The Labute approximate surface area is 245 Å². The molecule has 3 heterocycles. The predicted octanol–water partition coefficient (Wildman–Crippen LogP) is 6.82. The van der Waals surface area contributed by atoms with Crippen molar-refractivity contribution in [3.63, 3.8) is 0 Å². The summed E-state index contributed by atoms with van der Waals surface area (Å²) < 4.78 is 29.2. The van der Waals surface area contributed by atoms with Crippen molar-refractivity contribution >= 4 is 0 Å². The van der Waals surface area contributed by atoms with Crippen molar-refractivity contribution in [1.82, 2.24) is 15.0 Å². The number of nitriles is 2. The number of aromatic nitrogens is 3.